The van der Waals surface area contributed by atoms with Gasteiger partial charge in [0.25, 0.3) is 0 Å². The van der Waals surface area contributed by atoms with Gasteiger partial charge in [-0.2, -0.15) is 0 Å². The predicted molar refractivity (Wildman–Crippen MR) is 115 cm³/mol. The fourth-order valence-electron chi connectivity index (χ4n) is 4.51. The summed E-state index contributed by atoms with van der Waals surface area (Å²) < 4.78 is 5.81. The van der Waals surface area contributed by atoms with Crippen molar-refractivity contribution in [2.45, 2.75) is 51.4 Å². The van der Waals surface area contributed by atoms with Crippen molar-refractivity contribution in [2.24, 2.45) is 5.92 Å². The summed E-state index contributed by atoms with van der Waals surface area (Å²) in [7, 11) is 0. The van der Waals surface area contributed by atoms with Gasteiger partial charge < -0.3 is 14.2 Å². The summed E-state index contributed by atoms with van der Waals surface area (Å²) in [5, 5.41) is 0. The minimum absolute atomic E-state index is 0.160. The van der Waals surface area contributed by atoms with Gasteiger partial charge in [0, 0.05) is 51.0 Å². The Morgan fingerprint density at radius 2 is 1.63 bits per heavy atom. The fraction of sp³-hybridized carbons (Fsp3) is 0.542. The SMILES string of the molecule is O=C(CCCc1ncc(-c2ccccc2)o1)N1CCN(C(=O)CC2CCCC2)CC1. The van der Waals surface area contributed by atoms with E-state index in [1.54, 1.807) is 6.20 Å². The topological polar surface area (TPSA) is 66.7 Å². The van der Waals surface area contributed by atoms with Crippen molar-refractivity contribution < 1.29 is 14.0 Å². The number of hydrogen-bond donors (Lipinski definition) is 0. The molecular weight excluding hydrogens is 378 g/mol. The van der Waals surface area contributed by atoms with Crippen LogP contribution in [0.3, 0.4) is 0 Å². The fourth-order valence-corrected chi connectivity index (χ4v) is 4.51. The van der Waals surface area contributed by atoms with Crippen LogP contribution in [-0.2, 0) is 16.0 Å². The van der Waals surface area contributed by atoms with Gasteiger partial charge in [-0.05, 0) is 25.2 Å². The molecule has 2 amide bonds. The number of aromatic nitrogens is 1. The minimum atomic E-state index is 0.160. The molecular formula is C24H31N3O3. The number of amides is 2. The third-order valence-electron chi connectivity index (χ3n) is 6.32. The van der Waals surface area contributed by atoms with E-state index in [1.807, 2.05) is 40.1 Å². The lowest BCUT2D eigenvalue weighted by Gasteiger charge is -2.35. The number of benzene rings is 1. The molecule has 0 unspecified atom stereocenters. The molecule has 1 saturated heterocycles. The van der Waals surface area contributed by atoms with Crippen LogP contribution < -0.4 is 0 Å². The first kappa shape index (κ1) is 20.6. The lowest BCUT2D eigenvalue weighted by atomic mass is 10.0. The van der Waals surface area contributed by atoms with E-state index in [4.69, 9.17) is 4.42 Å². The van der Waals surface area contributed by atoms with Gasteiger partial charge in [0.1, 0.15) is 0 Å². The van der Waals surface area contributed by atoms with Gasteiger partial charge in [-0.3, -0.25) is 9.59 Å². The second-order valence-corrected chi connectivity index (χ2v) is 8.45. The Morgan fingerprint density at radius 3 is 2.33 bits per heavy atom. The predicted octanol–water partition coefficient (Wildman–Crippen LogP) is 3.92. The zero-order valence-electron chi connectivity index (χ0n) is 17.6. The van der Waals surface area contributed by atoms with E-state index >= 15 is 0 Å². The lowest BCUT2D eigenvalue weighted by molar-refractivity contribution is -0.140. The normalized spacial score (nSPS) is 17.5. The van der Waals surface area contributed by atoms with Crippen molar-refractivity contribution in [3.63, 3.8) is 0 Å². The second kappa shape index (κ2) is 9.92. The standard InChI is InChI=1S/C24H31N3O3/c28-23(12-6-11-22-25-18-21(30-22)20-9-2-1-3-10-20)26-13-15-27(16-14-26)24(29)17-19-7-4-5-8-19/h1-3,9-10,18-19H,4-8,11-17H2. The lowest BCUT2D eigenvalue weighted by Crippen LogP contribution is -2.50. The maximum absolute atomic E-state index is 12.5. The monoisotopic (exact) mass is 409 g/mol. The van der Waals surface area contributed by atoms with E-state index < -0.39 is 0 Å². The first-order chi connectivity index (χ1) is 14.7. The molecule has 1 aromatic carbocycles. The molecule has 0 bridgehead atoms. The van der Waals surface area contributed by atoms with Crippen molar-refractivity contribution >= 4 is 11.8 Å². The molecule has 2 heterocycles. The molecule has 1 aliphatic heterocycles. The highest BCUT2D eigenvalue weighted by molar-refractivity contribution is 5.78. The zero-order chi connectivity index (χ0) is 20.8. The molecule has 2 aromatic rings. The average Bonchev–Trinajstić information content (AvgIpc) is 3.47. The maximum atomic E-state index is 12.5. The van der Waals surface area contributed by atoms with Crippen LogP contribution in [0, 0.1) is 5.92 Å². The number of aryl methyl sites for hydroxylation is 1. The summed E-state index contributed by atoms with van der Waals surface area (Å²) in [6, 6.07) is 9.90. The number of oxazole rings is 1. The van der Waals surface area contributed by atoms with Crippen LogP contribution in [-0.4, -0.2) is 52.8 Å². The number of piperazine rings is 1. The summed E-state index contributed by atoms with van der Waals surface area (Å²) in [5.74, 6) is 2.44. The van der Waals surface area contributed by atoms with Gasteiger partial charge in [0.05, 0.1) is 6.20 Å². The molecule has 4 rings (SSSR count). The Labute approximate surface area is 178 Å². The zero-order valence-corrected chi connectivity index (χ0v) is 17.6. The third kappa shape index (κ3) is 5.29. The summed E-state index contributed by atoms with van der Waals surface area (Å²) in [5.41, 5.74) is 1.01. The number of rotatable bonds is 7. The first-order valence-corrected chi connectivity index (χ1v) is 11.2. The highest BCUT2D eigenvalue weighted by Crippen LogP contribution is 2.28. The quantitative estimate of drug-likeness (QED) is 0.695. The Balaban J connectivity index is 1.16. The summed E-state index contributed by atoms with van der Waals surface area (Å²) in [6.07, 6.45) is 9.21. The smallest absolute Gasteiger partial charge is 0.222 e. The highest BCUT2D eigenvalue weighted by atomic mass is 16.4. The second-order valence-electron chi connectivity index (χ2n) is 8.45. The first-order valence-electron chi connectivity index (χ1n) is 11.2. The van der Waals surface area contributed by atoms with E-state index in [0.29, 0.717) is 63.7 Å². The molecule has 160 valence electrons. The Bertz CT molecular complexity index is 834. The summed E-state index contributed by atoms with van der Waals surface area (Å²) in [6.45, 7) is 2.62. The average molecular weight is 410 g/mol. The largest absolute Gasteiger partial charge is 0.441 e. The molecule has 2 aliphatic rings. The Morgan fingerprint density at radius 1 is 0.967 bits per heavy atom. The van der Waals surface area contributed by atoms with Crippen molar-refractivity contribution in [2.75, 3.05) is 26.2 Å². The van der Waals surface area contributed by atoms with Crippen LogP contribution in [0.2, 0.25) is 0 Å². The van der Waals surface area contributed by atoms with E-state index in [9.17, 15) is 9.59 Å². The van der Waals surface area contributed by atoms with E-state index in [-0.39, 0.29) is 11.8 Å². The van der Waals surface area contributed by atoms with Crippen LogP contribution in [0.4, 0.5) is 0 Å². The minimum Gasteiger partial charge on any atom is -0.441 e. The molecule has 1 aliphatic carbocycles. The molecule has 6 heteroatoms. The van der Waals surface area contributed by atoms with Gasteiger partial charge in [0.2, 0.25) is 11.8 Å². The van der Waals surface area contributed by atoms with Crippen LogP contribution >= 0.6 is 0 Å². The summed E-state index contributed by atoms with van der Waals surface area (Å²) >= 11 is 0. The molecule has 0 atom stereocenters. The van der Waals surface area contributed by atoms with Crippen molar-refractivity contribution in [3.8, 4) is 11.3 Å². The van der Waals surface area contributed by atoms with E-state index in [1.165, 1.54) is 25.7 Å². The molecule has 2 fully saturated rings. The van der Waals surface area contributed by atoms with Crippen LogP contribution in [0.1, 0.15) is 50.8 Å². The molecule has 0 radical (unpaired) electrons. The van der Waals surface area contributed by atoms with E-state index in [0.717, 1.165) is 11.3 Å². The Kier molecular flexibility index (Phi) is 6.82. The highest BCUT2D eigenvalue weighted by Gasteiger charge is 2.26. The number of carbonyl (C=O) groups excluding carboxylic acids is 2. The summed E-state index contributed by atoms with van der Waals surface area (Å²) in [4.78, 5) is 33.2. The van der Waals surface area contributed by atoms with Crippen LogP contribution in [0.5, 0.6) is 0 Å². The van der Waals surface area contributed by atoms with Crippen molar-refractivity contribution in [1.29, 1.82) is 0 Å². The molecule has 1 aromatic heterocycles. The number of carbonyl (C=O) groups is 2. The van der Waals surface area contributed by atoms with E-state index in [2.05, 4.69) is 4.98 Å². The maximum Gasteiger partial charge on any atom is 0.222 e. The Hall–Kier alpha value is -2.63. The van der Waals surface area contributed by atoms with Gasteiger partial charge in [-0.25, -0.2) is 4.98 Å². The molecule has 0 N–H and O–H groups in total. The van der Waals surface area contributed by atoms with Crippen molar-refractivity contribution in [1.82, 2.24) is 14.8 Å². The van der Waals surface area contributed by atoms with Gasteiger partial charge in [0.15, 0.2) is 11.7 Å². The van der Waals surface area contributed by atoms with Crippen LogP contribution in [0.25, 0.3) is 11.3 Å². The van der Waals surface area contributed by atoms with Gasteiger partial charge in [-0.15, -0.1) is 0 Å². The van der Waals surface area contributed by atoms with Crippen molar-refractivity contribution in [3.05, 3.63) is 42.4 Å². The molecule has 6 nitrogen and oxygen atoms in total. The number of nitrogens with zero attached hydrogens (tertiary/aromatic N) is 3. The van der Waals surface area contributed by atoms with Gasteiger partial charge in [-0.1, -0.05) is 43.2 Å². The molecule has 30 heavy (non-hydrogen) atoms. The molecule has 0 spiro atoms. The third-order valence-corrected chi connectivity index (χ3v) is 6.32. The number of hydrogen-bond acceptors (Lipinski definition) is 4. The molecule has 1 saturated carbocycles. The van der Waals surface area contributed by atoms with Crippen LogP contribution in [0.15, 0.2) is 40.9 Å². The van der Waals surface area contributed by atoms with Gasteiger partial charge >= 0.3 is 0 Å².